The van der Waals surface area contributed by atoms with Crippen molar-refractivity contribution in [1.29, 1.82) is 0 Å². The number of amides is 2. The summed E-state index contributed by atoms with van der Waals surface area (Å²) >= 11 is 1.70. The van der Waals surface area contributed by atoms with Crippen molar-refractivity contribution in [1.82, 2.24) is 10.3 Å². The Morgan fingerprint density at radius 3 is 2.96 bits per heavy atom. The van der Waals surface area contributed by atoms with E-state index in [0.717, 1.165) is 29.1 Å². The van der Waals surface area contributed by atoms with E-state index in [0.29, 0.717) is 24.4 Å². The Morgan fingerprint density at radius 2 is 2.21 bits per heavy atom. The molecule has 0 spiro atoms. The number of carbonyl (C=O) groups is 2. The molecule has 2 amide bonds. The fourth-order valence-electron chi connectivity index (χ4n) is 2.45. The summed E-state index contributed by atoms with van der Waals surface area (Å²) in [6.45, 7) is 4.94. The van der Waals surface area contributed by atoms with Crippen LogP contribution in [0.3, 0.4) is 0 Å². The fraction of sp³-hybridized carbons (Fsp3) is 0.353. The third-order valence-corrected chi connectivity index (χ3v) is 5.00. The molecular formula is C17H19N3O3S. The SMILES string of the molecule is Cc1nc(CCCNC(=O)Nc2ccc3c(c2)C(=O)OC3)sc1C. The highest BCUT2D eigenvalue weighted by Crippen LogP contribution is 2.23. The molecule has 1 aromatic heterocycles. The van der Waals surface area contributed by atoms with Gasteiger partial charge in [-0.2, -0.15) is 0 Å². The Bertz CT molecular complexity index is 766. The number of nitrogens with one attached hydrogen (secondary N) is 2. The standard InChI is InChI=1S/C17H19N3O3S/c1-10-11(2)24-15(19-10)4-3-7-18-17(22)20-13-6-5-12-9-23-16(21)14(12)8-13/h5-6,8H,3-4,7,9H2,1-2H3,(H2,18,20,22). The first kappa shape index (κ1) is 16.4. The number of esters is 1. The topological polar surface area (TPSA) is 80.3 Å². The zero-order valence-corrected chi connectivity index (χ0v) is 14.5. The van der Waals surface area contributed by atoms with Gasteiger partial charge < -0.3 is 15.4 Å². The van der Waals surface area contributed by atoms with E-state index >= 15 is 0 Å². The largest absolute Gasteiger partial charge is 0.457 e. The third kappa shape index (κ3) is 3.73. The predicted molar refractivity (Wildman–Crippen MR) is 92.5 cm³/mol. The van der Waals surface area contributed by atoms with Gasteiger partial charge in [0, 0.05) is 29.1 Å². The van der Waals surface area contributed by atoms with Crippen molar-refractivity contribution in [2.75, 3.05) is 11.9 Å². The number of carbonyl (C=O) groups excluding carboxylic acids is 2. The first-order valence-corrected chi connectivity index (χ1v) is 8.62. The number of anilines is 1. The molecule has 126 valence electrons. The summed E-state index contributed by atoms with van der Waals surface area (Å²) < 4.78 is 4.94. The molecule has 1 aliphatic rings. The first-order valence-electron chi connectivity index (χ1n) is 7.81. The van der Waals surface area contributed by atoms with Gasteiger partial charge in [-0.3, -0.25) is 0 Å². The number of hydrogen-bond donors (Lipinski definition) is 2. The van der Waals surface area contributed by atoms with Crippen molar-refractivity contribution in [3.05, 3.63) is 44.9 Å². The van der Waals surface area contributed by atoms with Crippen LogP contribution in [0, 0.1) is 13.8 Å². The van der Waals surface area contributed by atoms with Crippen LogP contribution in [-0.4, -0.2) is 23.5 Å². The highest BCUT2D eigenvalue weighted by Gasteiger charge is 2.21. The Morgan fingerprint density at radius 1 is 1.38 bits per heavy atom. The number of rotatable bonds is 5. The average molecular weight is 345 g/mol. The molecule has 0 unspecified atom stereocenters. The molecule has 2 heterocycles. The third-order valence-electron chi connectivity index (χ3n) is 3.87. The smallest absolute Gasteiger partial charge is 0.338 e. The van der Waals surface area contributed by atoms with Gasteiger partial charge in [-0.15, -0.1) is 11.3 Å². The molecule has 2 N–H and O–H groups in total. The molecule has 1 aromatic carbocycles. The summed E-state index contributed by atoms with van der Waals surface area (Å²) in [5, 5.41) is 6.65. The van der Waals surface area contributed by atoms with E-state index in [1.54, 1.807) is 29.5 Å². The Balaban J connectivity index is 1.44. The first-order chi connectivity index (χ1) is 11.5. The molecule has 7 heteroatoms. The van der Waals surface area contributed by atoms with Crippen molar-refractivity contribution in [2.45, 2.75) is 33.3 Å². The predicted octanol–water partition coefficient (Wildman–Crippen LogP) is 3.18. The number of aromatic nitrogens is 1. The zero-order chi connectivity index (χ0) is 17.1. The molecule has 0 radical (unpaired) electrons. The van der Waals surface area contributed by atoms with Crippen LogP contribution < -0.4 is 10.6 Å². The minimum atomic E-state index is -0.344. The average Bonchev–Trinajstić information content (AvgIpc) is 3.07. The molecule has 1 aliphatic heterocycles. The number of thiazole rings is 1. The van der Waals surface area contributed by atoms with Crippen LogP contribution in [0.4, 0.5) is 10.5 Å². The van der Waals surface area contributed by atoms with Crippen molar-refractivity contribution < 1.29 is 14.3 Å². The molecule has 0 saturated carbocycles. The Labute approximate surface area is 144 Å². The van der Waals surface area contributed by atoms with E-state index in [1.807, 2.05) is 6.92 Å². The van der Waals surface area contributed by atoms with E-state index in [1.165, 1.54) is 4.88 Å². The van der Waals surface area contributed by atoms with Crippen LogP contribution >= 0.6 is 11.3 Å². The summed E-state index contributed by atoms with van der Waals surface area (Å²) in [5.74, 6) is -0.344. The summed E-state index contributed by atoms with van der Waals surface area (Å²) in [7, 11) is 0. The molecular weight excluding hydrogens is 326 g/mol. The minimum Gasteiger partial charge on any atom is -0.457 e. The summed E-state index contributed by atoms with van der Waals surface area (Å²) in [6.07, 6.45) is 1.68. The molecule has 0 atom stereocenters. The van der Waals surface area contributed by atoms with Gasteiger partial charge in [0.05, 0.1) is 16.3 Å². The summed E-state index contributed by atoms with van der Waals surface area (Å²) in [4.78, 5) is 29.2. The Hall–Kier alpha value is -2.41. The number of nitrogens with zero attached hydrogens (tertiary/aromatic N) is 1. The normalized spacial score (nSPS) is 12.7. The number of ether oxygens (including phenoxy) is 1. The quantitative estimate of drug-likeness (QED) is 0.644. The molecule has 0 fully saturated rings. The van der Waals surface area contributed by atoms with E-state index in [4.69, 9.17) is 4.74 Å². The number of urea groups is 1. The fourth-order valence-corrected chi connectivity index (χ4v) is 3.43. The van der Waals surface area contributed by atoms with Gasteiger partial charge in [-0.05, 0) is 32.4 Å². The molecule has 0 bridgehead atoms. The second-order valence-electron chi connectivity index (χ2n) is 5.68. The molecule has 3 rings (SSSR count). The van der Waals surface area contributed by atoms with Gasteiger partial charge in [0.1, 0.15) is 6.61 Å². The lowest BCUT2D eigenvalue weighted by atomic mass is 10.1. The minimum absolute atomic E-state index is 0.284. The number of aryl methyl sites for hydroxylation is 3. The van der Waals surface area contributed by atoms with Gasteiger partial charge in [0.15, 0.2) is 0 Å². The van der Waals surface area contributed by atoms with Gasteiger partial charge in [0.2, 0.25) is 0 Å². The monoisotopic (exact) mass is 345 g/mol. The van der Waals surface area contributed by atoms with Crippen LogP contribution in [0.1, 0.15) is 37.9 Å². The van der Waals surface area contributed by atoms with Crippen molar-refractivity contribution in [2.24, 2.45) is 0 Å². The molecule has 2 aromatic rings. The van der Waals surface area contributed by atoms with Gasteiger partial charge in [0.25, 0.3) is 0 Å². The van der Waals surface area contributed by atoms with Crippen LogP contribution in [0.25, 0.3) is 0 Å². The second-order valence-corrected chi connectivity index (χ2v) is 6.97. The lowest BCUT2D eigenvalue weighted by molar-refractivity contribution is 0.0535. The maximum Gasteiger partial charge on any atom is 0.338 e. The van der Waals surface area contributed by atoms with E-state index < -0.39 is 0 Å². The van der Waals surface area contributed by atoms with E-state index in [2.05, 4.69) is 22.5 Å². The van der Waals surface area contributed by atoms with Crippen molar-refractivity contribution >= 4 is 29.0 Å². The number of cyclic esters (lactones) is 1. The van der Waals surface area contributed by atoms with Crippen molar-refractivity contribution in [3.8, 4) is 0 Å². The summed E-state index contributed by atoms with van der Waals surface area (Å²) in [5.41, 5.74) is 3.02. The number of hydrogen-bond acceptors (Lipinski definition) is 5. The lowest BCUT2D eigenvalue weighted by Crippen LogP contribution is -2.29. The lowest BCUT2D eigenvalue weighted by Gasteiger charge is -2.08. The highest BCUT2D eigenvalue weighted by atomic mass is 32.1. The van der Waals surface area contributed by atoms with Gasteiger partial charge in [-0.25, -0.2) is 14.6 Å². The number of fused-ring (bicyclic) bond motifs is 1. The molecule has 6 nitrogen and oxygen atoms in total. The summed E-state index contributed by atoms with van der Waals surface area (Å²) in [6, 6.07) is 4.92. The Kier molecular flexibility index (Phi) is 4.80. The van der Waals surface area contributed by atoms with Crippen LogP contribution in [0.2, 0.25) is 0 Å². The van der Waals surface area contributed by atoms with Crippen molar-refractivity contribution in [3.63, 3.8) is 0 Å². The van der Waals surface area contributed by atoms with Crippen LogP contribution in [0.5, 0.6) is 0 Å². The number of benzene rings is 1. The maximum absolute atomic E-state index is 11.9. The van der Waals surface area contributed by atoms with Gasteiger partial charge >= 0.3 is 12.0 Å². The zero-order valence-electron chi connectivity index (χ0n) is 13.6. The van der Waals surface area contributed by atoms with Gasteiger partial charge in [-0.1, -0.05) is 6.07 Å². The van der Waals surface area contributed by atoms with E-state index in [9.17, 15) is 9.59 Å². The molecule has 0 saturated heterocycles. The molecule has 24 heavy (non-hydrogen) atoms. The van der Waals surface area contributed by atoms with Crippen LogP contribution in [0.15, 0.2) is 18.2 Å². The molecule has 0 aliphatic carbocycles. The second kappa shape index (κ2) is 7.00. The maximum atomic E-state index is 11.9. The highest BCUT2D eigenvalue weighted by molar-refractivity contribution is 7.11. The van der Waals surface area contributed by atoms with E-state index in [-0.39, 0.29) is 12.0 Å². The van der Waals surface area contributed by atoms with Crippen LogP contribution in [-0.2, 0) is 17.8 Å².